The van der Waals surface area contributed by atoms with Crippen molar-refractivity contribution < 1.29 is 32.9 Å². The Labute approximate surface area is 568 Å². The number of allylic oxidation sites excluding steroid dienone is 27. The summed E-state index contributed by atoms with van der Waals surface area (Å²) in [6, 6.07) is -0.942. The van der Waals surface area contributed by atoms with Crippen LogP contribution in [0.4, 0.5) is 0 Å². The number of rotatable bonds is 67. The average Bonchev–Trinajstić information content (AvgIpc) is 2.63. The summed E-state index contributed by atoms with van der Waals surface area (Å²) >= 11 is 0. The van der Waals surface area contributed by atoms with E-state index >= 15 is 0 Å². The number of quaternary nitrogens is 1. The second-order valence-corrected chi connectivity index (χ2v) is 27.3. The van der Waals surface area contributed by atoms with Crippen molar-refractivity contribution in [3.05, 3.63) is 170 Å². The van der Waals surface area contributed by atoms with E-state index in [0.717, 1.165) is 109 Å². The summed E-state index contributed by atoms with van der Waals surface area (Å²) in [5.41, 5.74) is 0. The summed E-state index contributed by atoms with van der Waals surface area (Å²) in [6.45, 7) is 4.49. The number of likely N-dealkylation sites (N-methyl/N-ethyl adjacent to an activating group) is 1. The molecule has 0 bridgehead atoms. The number of nitrogens with zero attached hydrogens (tertiary/aromatic N) is 1. The van der Waals surface area contributed by atoms with Gasteiger partial charge in [-0.05, 0) is 122 Å². The van der Waals surface area contributed by atoms with Crippen LogP contribution < -0.4 is 10.2 Å². The molecule has 0 aliphatic carbocycles. The first kappa shape index (κ1) is 87.9. The van der Waals surface area contributed by atoms with Gasteiger partial charge in [-0.2, -0.15) is 0 Å². The van der Waals surface area contributed by atoms with Gasteiger partial charge in [-0.3, -0.25) is 9.36 Å². The van der Waals surface area contributed by atoms with Crippen molar-refractivity contribution in [1.29, 1.82) is 0 Å². The fraction of sp³-hybridized carbons (Fsp3) is 0.651. The van der Waals surface area contributed by atoms with E-state index in [1.54, 1.807) is 6.08 Å². The van der Waals surface area contributed by atoms with Crippen LogP contribution in [0.1, 0.15) is 296 Å². The lowest BCUT2D eigenvalue weighted by Crippen LogP contribution is -2.45. The summed E-state index contributed by atoms with van der Waals surface area (Å²) in [5.74, 6) is -0.254. The van der Waals surface area contributed by atoms with Gasteiger partial charge < -0.3 is 28.8 Å². The molecule has 0 spiro atoms. The molecule has 2 N–H and O–H groups in total. The number of amides is 1. The molecule has 8 nitrogen and oxygen atoms in total. The summed E-state index contributed by atoms with van der Waals surface area (Å²) in [7, 11) is 1.20. The summed E-state index contributed by atoms with van der Waals surface area (Å²) in [4.78, 5) is 25.6. The summed E-state index contributed by atoms with van der Waals surface area (Å²) in [5, 5.41) is 13.9. The third kappa shape index (κ3) is 73.3. The lowest BCUT2D eigenvalue weighted by molar-refractivity contribution is -0.870. The van der Waals surface area contributed by atoms with E-state index in [9.17, 15) is 19.4 Å². The first-order valence-corrected chi connectivity index (χ1v) is 39.0. The maximum atomic E-state index is 13.0. The highest BCUT2D eigenvalue weighted by Gasteiger charge is 2.23. The molecule has 0 aromatic rings. The lowest BCUT2D eigenvalue weighted by atomic mass is 10.0. The minimum atomic E-state index is -4.64. The highest BCUT2D eigenvalue weighted by molar-refractivity contribution is 7.45. The van der Waals surface area contributed by atoms with Gasteiger partial charge in [-0.25, -0.2) is 0 Å². The quantitative estimate of drug-likeness (QED) is 0.0272. The molecule has 0 fully saturated rings. The van der Waals surface area contributed by atoms with Crippen molar-refractivity contribution in [2.75, 3.05) is 40.9 Å². The first-order valence-electron chi connectivity index (χ1n) is 37.5. The average molecular weight is 1290 g/mol. The van der Waals surface area contributed by atoms with Gasteiger partial charge in [-0.15, -0.1) is 0 Å². The predicted octanol–water partition coefficient (Wildman–Crippen LogP) is 24.0. The van der Waals surface area contributed by atoms with Crippen LogP contribution in [-0.4, -0.2) is 68.5 Å². The van der Waals surface area contributed by atoms with Crippen LogP contribution in [0, 0.1) is 0 Å². The van der Waals surface area contributed by atoms with Gasteiger partial charge in [0.2, 0.25) is 5.91 Å². The summed E-state index contributed by atoms with van der Waals surface area (Å²) < 4.78 is 23.4. The van der Waals surface area contributed by atoms with Crippen molar-refractivity contribution >= 4 is 13.7 Å². The first-order chi connectivity index (χ1) is 45.0. The highest BCUT2D eigenvalue weighted by atomic mass is 31.2. The van der Waals surface area contributed by atoms with Gasteiger partial charge in [-0.1, -0.05) is 338 Å². The smallest absolute Gasteiger partial charge is 0.268 e. The number of unbranched alkanes of at least 4 members (excludes halogenated alkanes) is 28. The van der Waals surface area contributed by atoms with Crippen LogP contribution >= 0.6 is 7.82 Å². The van der Waals surface area contributed by atoms with Crippen molar-refractivity contribution in [1.82, 2.24) is 5.32 Å². The molecule has 524 valence electrons. The zero-order valence-corrected chi connectivity index (χ0v) is 60.8. The molecular formula is C83H141N2O6P. The Kier molecular flexibility index (Phi) is 68.0. The number of carbonyl (C=O) groups excluding carboxylic acids is 1. The molecule has 1 amide bonds. The Morgan fingerprint density at radius 1 is 0.391 bits per heavy atom. The van der Waals surface area contributed by atoms with Gasteiger partial charge in [0.05, 0.1) is 39.9 Å². The van der Waals surface area contributed by atoms with Crippen LogP contribution in [0.2, 0.25) is 0 Å². The zero-order valence-electron chi connectivity index (χ0n) is 59.9. The van der Waals surface area contributed by atoms with Crippen LogP contribution in [0.15, 0.2) is 170 Å². The van der Waals surface area contributed by atoms with Gasteiger partial charge >= 0.3 is 0 Å². The van der Waals surface area contributed by atoms with Crippen LogP contribution in [0.5, 0.6) is 0 Å². The van der Waals surface area contributed by atoms with Crippen molar-refractivity contribution in [3.8, 4) is 0 Å². The van der Waals surface area contributed by atoms with E-state index in [-0.39, 0.29) is 18.9 Å². The Bertz CT molecular complexity index is 2110. The standard InChI is InChI=1S/C83H141N2O6P/c1-6-8-10-12-14-16-18-20-22-24-26-28-30-32-34-36-38-39-40-41-42-43-44-45-47-49-51-53-55-57-59-61-63-65-67-69-71-73-75-77-83(87)84-81(80-91-92(88,89)90-79-78-85(3,4)5)82(86)76-74-72-70-68-66-64-62-60-58-56-54-52-50-48-46-37-35-33-31-29-27-25-23-21-19-17-15-13-11-9-7-2/h8,10,14,16,20,22,26,28,32,34,38-39,41-42,44-45,49,51,55,57,61,63,66-69,74,76,81-82,86H,6-7,9,11-13,15,17-19,21,23-25,27,29-31,33,35-37,40,43,46-48,50,52-54,56,58-60,62,64-65,70-73,75,77-80H2,1-5H3,(H-,84,87,88,89)/b10-8-,16-14-,22-20-,28-26-,34-32-,39-38-,42-41-,45-44-,51-49-,57-55-,63-61-,68-66+,69-67-,76-74+. The monoisotopic (exact) mass is 1290 g/mol. The Morgan fingerprint density at radius 3 is 1.01 bits per heavy atom. The molecule has 3 atom stereocenters. The van der Waals surface area contributed by atoms with Crippen molar-refractivity contribution in [3.63, 3.8) is 0 Å². The number of nitrogens with one attached hydrogen (secondary N) is 1. The molecule has 0 heterocycles. The van der Waals surface area contributed by atoms with Crippen LogP contribution in [0.25, 0.3) is 0 Å². The van der Waals surface area contributed by atoms with E-state index in [4.69, 9.17) is 9.05 Å². The molecule has 9 heteroatoms. The van der Waals surface area contributed by atoms with Gasteiger partial charge in [0.25, 0.3) is 7.82 Å². The molecule has 92 heavy (non-hydrogen) atoms. The minimum absolute atomic E-state index is 0.0240. The van der Waals surface area contributed by atoms with E-state index < -0.39 is 26.6 Å². The number of phosphoric ester groups is 1. The van der Waals surface area contributed by atoms with Gasteiger partial charge in [0, 0.05) is 6.42 Å². The zero-order chi connectivity index (χ0) is 66.9. The molecular weight excluding hydrogens is 1150 g/mol. The normalized spacial score (nSPS) is 14.6. The number of hydrogen-bond acceptors (Lipinski definition) is 6. The minimum Gasteiger partial charge on any atom is -0.756 e. The van der Waals surface area contributed by atoms with Crippen LogP contribution in [0.3, 0.4) is 0 Å². The topological polar surface area (TPSA) is 108 Å². The number of carbonyl (C=O) groups is 1. The number of phosphoric acid groups is 1. The van der Waals surface area contributed by atoms with E-state index in [0.29, 0.717) is 17.4 Å². The Hall–Kier alpha value is -4.14. The molecule has 0 radical (unpaired) electrons. The molecule has 3 unspecified atom stereocenters. The predicted molar refractivity (Wildman–Crippen MR) is 403 cm³/mol. The van der Waals surface area contributed by atoms with E-state index in [1.807, 2.05) is 27.2 Å². The Morgan fingerprint density at radius 2 is 0.674 bits per heavy atom. The van der Waals surface area contributed by atoms with E-state index in [1.165, 1.54) is 161 Å². The number of hydrogen-bond donors (Lipinski definition) is 2. The molecule has 0 aliphatic heterocycles. The SMILES string of the molecule is CC/C=C\C/C=C\C/C=C\C/C=C\C/C=C\C/C=C\C/C=C\C/C=C\C/C=C\C/C=C\C/C=C\C/C=C\CCCCC(=O)NC(COP(=O)([O-])OCC[N+](C)(C)C)C(O)/C=C/CC/C=C/CCCCCCCCCCCCCCCCCCCCCCCCCCC. The van der Waals surface area contributed by atoms with Gasteiger partial charge in [0.1, 0.15) is 13.2 Å². The maximum Gasteiger partial charge on any atom is 0.268 e. The Balaban J connectivity index is 4.23. The molecule has 0 aromatic carbocycles. The third-order valence-electron chi connectivity index (χ3n) is 15.9. The van der Waals surface area contributed by atoms with Crippen molar-refractivity contribution in [2.24, 2.45) is 0 Å². The highest BCUT2D eigenvalue weighted by Crippen LogP contribution is 2.38. The van der Waals surface area contributed by atoms with Gasteiger partial charge in [0.15, 0.2) is 0 Å². The van der Waals surface area contributed by atoms with Crippen LogP contribution in [-0.2, 0) is 18.4 Å². The number of aliphatic hydroxyl groups is 1. The molecule has 0 saturated heterocycles. The second kappa shape index (κ2) is 71.2. The lowest BCUT2D eigenvalue weighted by Gasteiger charge is -2.29. The third-order valence-corrected chi connectivity index (χ3v) is 16.9. The second-order valence-electron chi connectivity index (χ2n) is 25.9. The van der Waals surface area contributed by atoms with Crippen molar-refractivity contribution in [2.45, 2.75) is 309 Å². The fourth-order valence-corrected chi connectivity index (χ4v) is 10.9. The number of aliphatic hydroxyl groups excluding tert-OH is 1. The fourth-order valence-electron chi connectivity index (χ4n) is 10.2. The summed E-state index contributed by atoms with van der Waals surface area (Å²) in [6.07, 6.45) is 112. The molecule has 0 aliphatic rings. The van der Waals surface area contributed by atoms with E-state index in [2.05, 4.69) is 177 Å². The molecule has 0 aromatic heterocycles. The maximum absolute atomic E-state index is 13.0. The molecule has 0 saturated carbocycles. The largest absolute Gasteiger partial charge is 0.756 e. The molecule has 0 rings (SSSR count).